The molecule has 1 atom stereocenters. The molecule has 0 radical (unpaired) electrons. The second-order valence-corrected chi connectivity index (χ2v) is 6.78. The van der Waals surface area contributed by atoms with Crippen molar-refractivity contribution in [3.63, 3.8) is 0 Å². The van der Waals surface area contributed by atoms with Crippen LogP contribution in [0, 0.1) is 30.9 Å². The van der Waals surface area contributed by atoms with Gasteiger partial charge in [0.05, 0.1) is 28.7 Å². The summed E-state index contributed by atoms with van der Waals surface area (Å²) >= 11 is 0. The lowest BCUT2D eigenvalue weighted by Crippen LogP contribution is -2.30. The first-order valence-corrected chi connectivity index (χ1v) is 8.79. The minimum Gasteiger partial charge on any atom is -0.490 e. The molecule has 0 saturated carbocycles. The van der Waals surface area contributed by atoms with Gasteiger partial charge in [0.15, 0.2) is 0 Å². The molecular weight excluding hydrogens is 362 g/mol. The van der Waals surface area contributed by atoms with Crippen molar-refractivity contribution in [2.75, 3.05) is 6.61 Å². The number of fused-ring (bicyclic) bond motifs is 1. The Labute approximate surface area is 161 Å². The summed E-state index contributed by atoms with van der Waals surface area (Å²) in [6, 6.07) is 7.89. The van der Waals surface area contributed by atoms with Gasteiger partial charge in [-0.2, -0.15) is 0 Å². The number of non-ortho nitro benzene ring substituents is 1. The normalized spacial score (nSPS) is 12.1. The molecular formula is C20H21N3O5. The molecule has 0 saturated heterocycles. The number of ether oxygens (including phenoxy) is 1. The molecule has 1 heterocycles. The number of rotatable bonds is 6. The highest BCUT2D eigenvalue weighted by Crippen LogP contribution is 2.25. The zero-order valence-corrected chi connectivity index (χ0v) is 15.9. The van der Waals surface area contributed by atoms with E-state index in [0.29, 0.717) is 5.52 Å². The summed E-state index contributed by atoms with van der Waals surface area (Å²) in [4.78, 5) is 27.1. The maximum atomic E-state index is 12.6. The lowest BCUT2D eigenvalue weighted by atomic mass is 10.1. The molecule has 0 spiro atoms. The molecule has 28 heavy (non-hydrogen) atoms. The van der Waals surface area contributed by atoms with Crippen molar-refractivity contribution in [2.24, 2.45) is 0 Å². The molecule has 0 amide bonds. The number of aromatic nitrogens is 2. The van der Waals surface area contributed by atoms with Crippen LogP contribution in [0.5, 0.6) is 5.75 Å². The molecule has 1 N–H and O–H groups in total. The largest absolute Gasteiger partial charge is 0.490 e. The van der Waals surface area contributed by atoms with Gasteiger partial charge in [0, 0.05) is 12.1 Å². The fourth-order valence-electron chi connectivity index (χ4n) is 3.00. The average Bonchev–Trinajstić information content (AvgIpc) is 2.67. The van der Waals surface area contributed by atoms with Crippen LogP contribution >= 0.6 is 0 Å². The fourth-order valence-corrected chi connectivity index (χ4v) is 3.00. The first-order chi connectivity index (χ1) is 13.3. The molecule has 0 fully saturated rings. The molecule has 0 aliphatic rings. The minimum absolute atomic E-state index is 0.00451. The predicted molar refractivity (Wildman–Crippen MR) is 105 cm³/mol. The summed E-state index contributed by atoms with van der Waals surface area (Å²) in [5, 5.41) is 21.4. The van der Waals surface area contributed by atoms with E-state index in [1.54, 1.807) is 0 Å². The third kappa shape index (κ3) is 3.86. The van der Waals surface area contributed by atoms with Crippen molar-refractivity contribution in [1.82, 2.24) is 9.55 Å². The van der Waals surface area contributed by atoms with E-state index in [-0.39, 0.29) is 24.2 Å². The van der Waals surface area contributed by atoms with Gasteiger partial charge in [-0.3, -0.25) is 19.5 Å². The third-order valence-electron chi connectivity index (χ3n) is 4.72. The van der Waals surface area contributed by atoms with E-state index in [1.807, 2.05) is 32.9 Å². The van der Waals surface area contributed by atoms with Crippen molar-refractivity contribution in [2.45, 2.75) is 33.4 Å². The number of hydrogen-bond donors (Lipinski definition) is 1. The summed E-state index contributed by atoms with van der Waals surface area (Å²) in [6.45, 7) is 5.84. The highest BCUT2D eigenvalue weighted by Gasteiger charge is 2.14. The standard InChI is InChI=1S/C20H21N3O5/c1-12-4-5-13(2)19(14(12)3)28-10-16(24)9-22-11-21-18-7-6-15(23(26)27)8-17(18)20(22)25/h4-8,11,16,24H,9-10H2,1-3H3. The quantitative estimate of drug-likeness (QED) is 0.518. The summed E-state index contributed by atoms with van der Waals surface area (Å²) in [7, 11) is 0. The van der Waals surface area contributed by atoms with E-state index in [2.05, 4.69) is 4.98 Å². The second-order valence-electron chi connectivity index (χ2n) is 6.78. The molecule has 8 heteroatoms. The Morgan fingerprint density at radius 3 is 2.64 bits per heavy atom. The van der Waals surface area contributed by atoms with Gasteiger partial charge < -0.3 is 9.84 Å². The van der Waals surface area contributed by atoms with Crippen LogP contribution in [0.3, 0.4) is 0 Å². The van der Waals surface area contributed by atoms with Crippen molar-refractivity contribution >= 4 is 16.6 Å². The third-order valence-corrected chi connectivity index (χ3v) is 4.72. The Kier molecular flexibility index (Phi) is 5.41. The lowest BCUT2D eigenvalue weighted by Gasteiger charge is -2.17. The number of nitrogens with zero attached hydrogens (tertiary/aromatic N) is 3. The van der Waals surface area contributed by atoms with Gasteiger partial charge in [-0.1, -0.05) is 12.1 Å². The summed E-state index contributed by atoms with van der Waals surface area (Å²) < 4.78 is 7.02. The van der Waals surface area contributed by atoms with E-state index in [0.717, 1.165) is 22.4 Å². The summed E-state index contributed by atoms with van der Waals surface area (Å²) in [5.41, 5.74) is 2.79. The topological polar surface area (TPSA) is 107 Å². The molecule has 0 bridgehead atoms. The molecule has 3 aromatic rings. The van der Waals surface area contributed by atoms with E-state index >= 15 is 0 Å². The maximum absolute atomic E-state index is 12.6. The van der Waals surface area contributed by atoms with E-state index < -0.39 is 16.6 Å². The zero-order chi connectivity index (χ0) is 20.4. The fraction of sp³-hybridized carbons (Fsp3) is 0.300. The average molecular weight is 383 g/mol. The molecule has 1 aromatic heterocycles. The van der Waals surface area contributed by atoms with Crippen LogP contribution in [0.15, 0.2) is 41.5 Å². The summed E-state index contributed by atoms with van der Waals surface area (Å²) in [6.07, 6.45) is 0.373. The number of aliphatic hydroxyl groups excluding tert-OH is 1. The van der Waals surface area contributed by atoms with Crippen molar-refractivity contribution in [1.29, 1.82) is 0 Å². The Balaban J connectivity index is 1.79. The highest BCUT2D eigenvalue weighted by atomic mass is 16.6. The SMILES string of the molecule is Cc1ccc(C)c(OCC(O)Cn2cnc3ccc([N+](=O)[O-])cc3c2=O)c1C. The number of hydrogen-bond acceptors (Lipinski definition) is 6. The van der Waals surface area contributed by atoms with Gasteiger partial charge in [-0.05, 0) is 43.5 Å². The number of nitro groups is 1. The van der Waals surface area contributed by atoms with Crippen LogP contribution in [0.25, 0.3) is 10.9 Å². The highest BCUT2D eigenvalue weighted by molar-refractivity contribution is 5.79. The number of benzene rings is 2. The minimum atomic E-state index is -0.949. The van der Waals surface area contributed by atoms with Gasteiger partial charge in [0.2, 0.25) is 0 Å². The number of aliphatic hydroxyl groups is 1. The predicted octanol–water partition coefficient (Wildman–Crippen LogP) is 2.67. The van der Waals surface area contributed by atoms with Gasteiger partial charge in [0.25, 0.3) is 11.2 Å². The molecule has 1 unspecified atom stereocenters. The monoisotopic (exact) mass is 383 g/mol. The van der Waals surface area contributed by atoms with Crippen molar-refractivity contribution in [3.8, 4) is 5.75 Å². The first kappa shape index (κ1) is 19.5. The van der Waals surface area contributed by atoms with Crippen molar-refractivity contribution in [3.05, 3.63) is 73.8 Å². The molecule has 0 aliphatic carbocycles. The summed E-state index contributed by atoms with van der Waals surface area (Å²) in [5.74, 6) is 0.721. The molecule has 3 rings (SSSR count). The Morgan fingerprint density at radius 2 is 1.93 bits per heavy atom. The van der Waals surface area contributed by atoms with Crippen LogP contribution in [0.2, 0.25) is 0 Å². The maximum Gasteiger partial charge on any atom is 0.270 e. The van der Waals surface area contributed by atoms with Gasteiger partial charge in [-0.25, -0.2) is 4.98 Å². The van der Waals surface area contributed by atoms with E-state index in [4.69, 9.17) is 4.74 Å². The van der Waals surface area contributed by atoms with Crippen LogP contribution < -0.4 is 10.3 Å². The number of aryl methyl sites for hydroxylation is 2. The van der Waals surface area contributed by atoms with Crippen LogP contribution in [0.4, 0.5) is 5.69 Å². The molecule has 2 aromatic carbocycles. The number of nitro benzene ring substituents is 1. The Morgan fingerprint density at radius 1 is 1.21 bits per heavy atom. The van der Waals surface area contributed by atoms with Crippen molar-refractivity contribution < 1.29 is 14.8 Å². The van der Waals surface area contributed by atoms with Crippen LogP contribution in [0.1, 0.15) is 16.7 Å². The smallest absolute Gasteiger partial charge is 0.270 e. The molecule has 0 aliphatic heterocycles. The second kappa shape index (κ2) is 7.77. The van der Waals surface area contributed by atoms with E-state index in [9.17, 15) is 20.0 Å². The van der Waals surface area contributed by atoms with Gasteiger partial charge in [-0.15, -0.1) is 0 Å². The van der Waals surface area contributed by atoms with Gasteiger partial charge >= 0.3 is 0 Å². The van der Waals surface area contributed by atoms with Crippen LogP contribution in [-0.4, -0.2) is 32.3 Å². The Hall–Kier alpha value is -3.26. The lowest BCUT2D eigenvalue weighted by molar-refractivity contribution is -0.384. The van der Waals surface area contributed by atoms with Crippen LogP contribution in [-0.2, 0) is 6.54 Å². The Bertz CT molecular complexity index is 1110. The molecule has 146 valence electrons. The van der Waals surface area contributed by atoms with E-state index in [1.165, 1.54) is 29.1 Å². The zero-order valence-electron chi connectivity index (χ0n) is 15.9. The molecule has 8 nitrogen and oxygen atoms in total. The first-order valence-electron chi connectivity index (χ1n) is 8.79. The van der Waals surface area contributed by atoms with Gasteiger partial charge in [0.1, 0.15) is 18.5 Å².